The quantitative estimate of drug-likeness (QED) is 0.806. The molecule has 2 saturated carbocycles. The molecule has 0 unspecified atom stereocenters. The monoisotopic (exact) mass is 266 g/mol. The first kappa shape index (κ1) is 13.4. The molecule has 3 rings (SSSR count). The minimum absolute atomic E-state index is 0.0950. The summed E-state index contributed by atoms with van der Waals surface area (Å²) in [6.07, 6.45) is 9.58. The van der Waals surface area contributed by atoms with Crippen molar-refractivity contribution in [2.45, 2.75) is 62.9 Å². The molecule has 1 saturated heterocycles. The maximum Gasteiger partial charge on any atom is 0.224 e. The Bertz CT molecular complexity index is 335. The van der Waals surface area contributed by atoms with Gasteiger partial charge in [0.25, 0.3) is 0 Å². The van der Waals surface area contributed by atoms with Crippen LogP contribution < -0.4 is 5.32 Å². The summed E-state index contributed by atoms with van der Waals surface area (Å²) in [5, 5.41) is 12.3. The standard InChI is InChI=1S/C15H26N2O2/c18-11-15(7-8-15)16-14(19)12-6-9-17(10-12)13-4-2-1-3-5-13/h12-13,18H,1-11H2,(H,16,19)/t12-/m0/s1. The van der Waals surface area contributed by atoms with Gasteiger partial charge in [-0.2, -0.15) is 0 Å². The fourth-order valence-electron chi connectivity index (χ4n) is 3.62. The van der Waals surface area contributed by atoms with E-state index < -0.39 is 0 Å². The van der Waals surface area contributed by atoms with Gasteiger partial charge in [-0.3, -0.25) is 9.69 Å². The zero-order valence-corrected chi connectivity index (χ0v) is 11.7. The largest absolute Gasteiger partial charge is 0.394 e. The maximum absolute atomic E-state index is 12.2. The topological polar surface area (TPSA) is 52.6 Å². The van der Waals surface area contributed by atoms with Gasteiger partial charge in [-0.1, -0.05) is 19.3 Å². The number of hydrogen-bond acceptors (Lipinski definition) is 3. The molecule has 0 aromatic rings. The lowest BCUT2D eigenvalue weighted by Crippen LogP contribution is -2.44. The summed E-state index contributed by atoms with van der Waals surface area (Å²) in [6, 6.07) is 0.722. The van der Waals surface area contributed by atoms with E-state index in [1.165, 1.54) is 32.1 Å². The van der Waals surface area contributed by atoms with Crippen LogP contribution >= 0.6 is 0 Å². The van der Waals surface area contributed by atoms with Gasteiger partial charge in [0.05, 0.1) is 18.1 Å². The first-order valence-electron chi connectivity index (χ1n) is 7.89. The number of nitrogens with zero attached hydrogens (tertiary/aromatic N) is 1. The molecule has 0 spiro atoms. The van der Waals surface area contributed by atoms with E-state index in [9.17, 15) is 9.90 Å². The predicted molar refractivity (Wildman–Crippen MR) is 73.7 cm³/mol. The summed E-state index contributed by atoms with van der Waals surface area (Å²) in [4.78, 5) is 14.8. The zero-order chi connectivity index (χ0) is 13.3. The molecular weight excluding hydrogens is 240 g/mol. The smallest absolute Gasteiger partial charge is 0.224 e. The van der Waals surface area contributed by atoms with Crippen molar-refractivity contribution in [2.24, 2.45) is 5.92 Å². The molecule has 2 aliphatic carbocycles. The van der Waals surface area contributed by atoms with Crippen molar-refractivity contribution in [3.05, 3.63) is 0 Å². The molecule has 3 fully saturated rings. The van der Waals surface area contributed by atoms with Crippen LogP contribution in [-0.2, 0) is 4.79 Å². The van der Waals surface area contributed by atoms with Gasteiger partial charge >= 0.3 is 0 Å². The molecule has 1 amide bonds. The third kappa shape index (κ3) is 2.95. The van der Waals surface area contributed by atoms with E-state index in [4.69, 9.17) is 0 Å². The van der Waals surface area contributed by atoms with Gasteiger partial charge in [-0.05, 0) is 38.6 Å². The average molecular weight is 266 g/mol. The van der Waals surface area contributed by atoms with Crippen molar-refractivity contribution in [3.63, 3.8) is 0 Å². The van der Waals surface area contributed by atoms with Crippen molar-refractivity contribution < 1.29 is 9.90 Å². The Morgan fingerprint density at radius 2 is 1.95 bits per heavy atom. The summed E-state index contributed by atoms with van der Waals surface area (Å²) in [5.74, 6) is 0.316. The number of aliphatic hydroxyl groups is 1. The molecule has 108 valence electrons. The highest BCUT2D eigenvalue weighted by atomic mass is 16.3. The number of nitrogens with one attached hydrogen (secondary N) is 1. The van der Waals surface area contributed by atoms with Crippen LogP contribution in [0.25, 0.3) is 0 Å². The fourth-order valence-corrected chi connectivity index (χ4v) is 3.62. The van der Waals surface area contributed by atoms with E-state index in [1.807, 2.05) is 0 Å². The van der Waals surface area contributed by atoms with Crippen molar-refractivity contribution >= 4 is 5.91 Å². The second-order valence-corrected chi connectivity index (χ2v) is 6.70. The molecular formula is C15H26N2O2. The van der Waals surface area contributed by atoms with E-state index in [2.05, 4.69) is 10.2 Å². The van der Waals surface area contributed by atoms with Crippen molar-refractivity contribution in [1.29, 1.82) is 0 Å². The van der Waals surface area contributed by atoms with Gasteiger partial charge in [-0.15, -0.1) is 0 Å². The lowest BCUT2D eigenvalue weighted by atomic mass is 9.94. The third-order valence-electron chi connectivity index (χ3n) is 5.23. The Balaban J connectivity index is 1.49. The summed E-state index contributed by atoms with van der Waals surface area (Å²) in [7, 11) is 0. The molecule has 0 aromatic heterocycles. The van der Waals surface area contributed by atoms with Gasteiger partial charge in [0, 0.05) is 12.6 Å². The van der Waals surface area contributed by atoms with Gasteiger partial charge in [-0.25, -0.2) is 0 Å². The molecule has 19 heavy (non-hydrogen) atoms. The number of carbonyl (C=O) groups excluding carboxylic acids is 1. The summed E-state index contributed by atoms with van der Waals surface area (Å²) >= 11 is 0. The van der Waals surface area contributed by atoms with Gasteiger partial charge < -0.3 is 10.4 Å². The Morgan fingerprint density at radius 3 is 2.58 bits per heavy atom. The second kappa shape index (κ2) is 5.41. The van der Waals surface area contributed by atoms with Gasteiger partial charge in [0.15, 0.2) is 0 Å². The summed E-state index contributed by atoms with van der Waals surface area (Å²) in [6.45, 7) is 2.10. The Morgan fingerprint density at radius 1 is 1.21 bits per heavy atom. The van der Waals surface area contributed by atoms with E-state index in [1.54, 1.807) is 0 Å². The molecule has 3 aliphatic rings. The Hall–Kier alpha value is -0.610. The van der Waals surface area contributed by atoms with E-state index in [0.29, 0.717) is 0 Å². The minimum atomic E-state index is -0.255. The SMILES string of the molecule is O=C(NC1(CO)CC1)[C@H]1CCN(C2CCCCC2)C1. The van der Waals surface area contributed by atoms with Crippen LogP contribution in [-0.4, -0.2) is 47.2 Å². The lowest BCUT2D eigenvalue weighted by Gasteiger charge is -2.31. The highest BCUT2D eigenvalue weighted by Crippen LogP contribution is 2.35. The van der Waals surface area contributed by atoms with Crippen molar-refractivity contribution in [3.8, 4) is 0 Å². The van der Waals surface area contributed by atoms with Gasteiger partial charge in [0.1, 0.15) is 0 Å². The van der Waals surface area contributed by atoms with Crippen LogP contribution in [0.5, 0.6) is 0 Å². The molecule has 2 N–H and O–H groups in total. The molecule has 0 aromatic carbocycles. The molecule has 4 heteroatoms. The highest BCUT2D eigenvalue weighted by Gasteiger charge is 2.45. The minimum Gasteiger partial charge on any atom is -0.394 e. The van der Waals surface area contributed by atoms with Crippen molar-refractivity contribution in [1.82, 2.24) is 10.2 Å². The highest BCUT2D eigenvalue weighted by molar-refractivity contribution is 5.80. The lowest BCUT2D eigenvalue weighted by molar-refractivity contribution is -0.126. The number of amides is 1. The van der Waals surface area contributed by atoms with E-state index in [0.717, 1.165) is 38.4 Å². The first-order chi connectivity index (χ1) is 9.22. The molecule has 4 nitrogen and oxygen atoms in total. The number of hydrogen-bond donors (Lipinski definition) is 2. The van der Waals surface area contributed by atoms with Gasteiger partial charge in [0.2, 0.25) is 5.91 Å². The number of likely N-dealkylation sites (tertiary alicyclic amines) is 1. The second-order valence-electron chi connectivity index (χ2n) is 6.70. The number of aliphatic hydroxyl groups excluding tert-OH is 1. The molecule has 1 heterocycles. The zero-order valence-electron chi connectivity index (χ0n) is 11.7. The predicted octanol–water partition coefficient (Wildman–Crippen LogP) is 1.28. The first-order valence-corrected chi connectivity index (χ1v) is 7.89. The number of rotatable bonds is 4. The molecule has 0 bridgehead atoms. The van der Waals surface area contributed by atoms with Crippen LogP contribution in [0.2, 0.25) is 0 Å². The third-order valence-corrected chi connectivity index (χ3v) is 5.23. The van der Waals surface area contributed by atoms with Crippen LogP contribution in [0.4, 0.5) is 0 Å². The summed E-state index contributed by atoms with van der Waals surface area (Å²) in [5.41, 5.74) is -0.255. The maximum atomic E-state index is 12.2. The Labute approximate surface area is 115 Å². The Kier molecular flexibility index (Phi) is 3.81. The number of carbonyl (C=O) groups is 1. The molecule has 0 radical (unpaired) electrons. The van der Waals surface area contributed by atoms with E-state index in [-0.39, 0.29) is 24.0 Å². The average Bonchev–Trinajstić information content (AvgIpc) is 3.04. The van der Waals surface area contributed by atoms with Crippen LogP contribution in [0.3, 0.4) is 0 Å². The summed E-state index contributed by atoms with van der Waals surface area (Å²) < 4.78 is 0. The van der Waals surface area contributed by atoms with Crippen LogP contribution in [0.15, 0.2) is 0 Å². The molecule has 1 aliphatic heterocycles. The van der Waals surface area contributed by atoms with Crippen molar-refractivity contribution in [2.75, 3.05) is 19.7 Å². The van der Waals surface area contributed by atoms with Crippen LogP contribution in [0, 0.1) is 5.92 Å². The van der Waals surface area contributed by atoms with E-state index >= 15 is 0 Å². The molecule has 1 atom stereocenters. The fraction of sp³-hybridized carbons (Fsp3) is 0.933. The van der Waals surface area contributed by atoms with Crippen LogP contribution in [0.1, 0.15) is 51.4 Å². The normalized spacial score (nSPS) is 31.3.